The molecule has 0 N–H and O–H groups in total. The topological polar surface area (TPSA) is 176 Å². The summed E-state index contributed by atoms with van der Waals surface area (Å²) in [4.78, 5) is 72.7. The lowest BCUT2D eigenvalue weighted by Gasteiger charge is -2.11. The maximum Gasteiger partial charge on any atom is 0.433 e. The minimum Gasteiger partial charge on any atom is -0.461 e. The lowest BCUT2D eigenvalue weighted by atomic mass is 9.91. The van der Waals surface area contributed by atoms with E-state index in [1.54, 1.807) is 77.6 Å². The van der Waals surface area contributed by atoms with Gasteiger partial charge in [0.1, 0.15) is 32.3 Å². The molecule has 0 atom stereocenters. The van der Waals surface area contributed by atoms with Crippen LogP contribution < -0.4 is 0 Å². The smallest absolute Gasteiger partial charge is 0.433 e. The number of benzene rings is 2. The Balaban J connectivity index is 0.000000135. The van der Waals surface area contributed by atoms with Gasteiger partial charge in [-0.1, -0.05) is 48.5 Å². The SMILES string of the molecule is O=C1c2ccccc2C(=O)c2sc(-c3cc(Br)co3)nc21.O=C1c2ccccc2C(=O)c2sc(-c3ccc([N+](=O)[O-])o3)nc21.c1cscn1. The van der Waals surface area contributed by atoms with Gasteiger partial charge in [-0.3, -0.25) is 34.3 Å². The number of fused-ring (bicyclic) bond motifs is 4. The molecule has 0 unspecified atom stereocenters. The van der Waals surface area contributed by atoms with E-state index in [9.17, 15) is 29.3 Å². The molecular formula is C33H15BrN4O8S3. The van der Waals surface area contributed by atoms with E-state index >= 15 is 0 Å². The van der Waals surface area contributed by atoms with E-state index in [1.165, 1.54) is 29.7 Å². The Morgan fingerprint density at radius 1 is 0.714 bits per heavy atom. The van der Waals surface area contributed by atoms with E-state index in [1.807, 2.05) is 5.38 Å². The third-order valence-corrected chi connectivity index (χ3v) is 10.1. The Morgan fingerprint density at radius 3 is 1.65 bits per heavy atom. The van der Waals surface area contributed by atoms with Crippen molar-refractivity contribution in [1.29, 1.82) is 0 Å². The fourth-order valence-corrected chi connectivity index (χ4v) is 7.47. The molecule has 49 heavy (non-hydrogen) atoms. The van der Waals surface area contributed by atoms with Gasteiger partial charge in [0.15, 0.2) is 21.5 Å². The van der Waals surface area contributed by atoms with Crippen molar-refractivity contribution < 1.29 is 32.9 Å². The first-order valence-corrected chi connectivity index (χ1v) is 17.3. The minimum atomic E-state index is -0.664. The number of thiazole rings is 3. The van der Waals surface area contributed by atoms with Crippen molar-refractivity contribution >= 4 is 79.0 Å². The number of rotatable bonds is 3. The predicted octanol–water partition coefficient (Wildman–Crippen LogP) is 8.17. The molecular weight excluding hydrogens is 756 g/mol. The first-order chi connectivity index (χ1) is 23.7. The molecule has 0 fully saturated rings. The molecule has 0 radical (unpaired) electrons. The standard InChI is InChI=1S/C15H6BrNO3S.C15H6N2O5S.C3H3NS/c16-7-5-10(20-6-7)15-17-11-12(18)8-3-1-2-4-9(8)13(19)14(11)21-15;18-12-7-3-1-2-4-8(7)13(19)14-11(12)16-15(23-14)9-5-6-10(22-9)17(20)21;1-2-5-3-4-1/h1-6H;1-6H;1-3H. The van der Waals surface area contributed by atoms with Crippen LogP contribution in [0.3, 0.4) is 0 Å². The zero-order valence-corrected chi connectivity index (χ0v) is 28.4. The number of furan rings is 2. The Labute approximate surface area is 295 Å². The Hall–Kier alpha value is -5.55. The van der Waals surface area contributed by atoms with E-state index in [0.29, 0.717) is 37.9 Å². The van der Waals surface area contributed by atoms with Crippen LogP contribution in [0.25, 0.3) is 21.5 Å². The minimum absolute atomic E-state index is 0.0627. The first kappa shape index (κ1) is 32.0. The summed E-state index contributed by atoms with van der Waals surface area (Å²) in [6.45, 7) is 0. The summed E-state index contributed by atoms with van der Waals surface area (Å²) in [5.41, 5.74) is 3.56. The van der Waals surface area contributed by atoms with Crippen LogP contribution in [0.1, 0.15) is 62.6 Å². The van der Waals surface area contributed by atoms with Gasteiger partial charge in [-0.25, -0.2) is 9.97 Å². The summed E-state index contributed by atoms with van der Waals surface area (Å²) < 4.78 is 11.2. The maximum absolute atomic E-state index is 12.5. The van der Waals surface area contributed by atoms with E-state index in [0.717, 1.165) is 15.8 Å². The summed E-state index contributed by atoms with van der Waals surface area (Å²) in [5.74, 6) is -0.720. The number of carbonyl (C=O) groups excluding carboxylic acids is 4. The van der Waals surface area contributed by atoms with Crippen molar-refractivity contribution in [3.8, 4) is 21.5 Å². The number of ketones is 4. The molecule has 0 spiro atoms. The maximum atomic E-state index is 12.5. The molecule has 2 aliphatic rings. The highest BCUT2D eigenvalue weighted by Crippen LogP contribution is 2.38. The van der Waals surface area contributed by atoms with Gasteiger partial charge < -0.3 is 8.83 Å². The van der Waals surface area contributed by atoms with Crippen LogP contribution in [0.4, 0.5) is 5.88 Å². The summed E-state index contributed by atoms with van der Waals surface area (Å²) in [5, 5.41) is 13.4. The quantitative estimate of drug-likeness (QED) is 0.125. The Kier molecular flexibility index (Phi) is 8.60. The van der Waals surface area contributed by atoms with E-state index < -0.39 is 10.8 Å². The molecule has 0 saturated carbocycles. The number of nitro groups is 1. The number of aromatic nitrogens is 3. The van der Waals surface area contributed by atoms with Gasteiger partial charge in [0, 0.05) is 39.9 Å². The molecule has 2 aliphatic carbocycles. The highest BCUT2D eigenvalue weighted by molar-refractivity contribution is 9.10. The molecule has 5 heterocycles. The van der Waals surface area contributed by atoms with Crippen LogP contribution in [0.5, 0.6) is 0 Å². The fourth-order valence-electron chi connectivity index (χ4n) is 4.87. The molecule has 0 amide bonds. The number of nitrogens with zero attached hydrogens (tertiary/aromatic N) is 4. The second kappa shape index (κ2) is 13.2. The second-order valence-electron chi connectivity index (χ2n) is 10.0. The second-order valence-corrected chi connectivity index (χ2v) is 13.7. The van der Waals surface area contributed by atoms with Crippen LogP contribution in [-0.4, -0.2) is 43.0 Å². The Morgan fingerprint density at radius 2 is 1.24 bits per heavy atom. The molecule has 2 aromatic carbocycles. The number of hydrogen-bond acceptors (Lipinski definition) is 14. The summed E-state index contributed by atoms with van der Waals surface area (Å²) in [6.07, 6.45) is 3.30. The number of carbonyl (C=O) groups is 4. The monoisotopic (exact) mass is 770 g/mol. The molecule has 12 nitrogen and oxygen atoms in total. The van der Waals surface area contributed by atoms with Gasteiger partial charge in [0.2, 0.25) is 23.1 Å². The third-order valence-electron chi connectivity index (χ3n) is 7.04. The molecule has 16 heteroatoms. The summed E-state index contributed by atoms with van der Waals surface area (Å²) in [7, 11) is 0. The van der Waals surface area contributed by atoms with Crippen LogP contribution in [-0.2, 0) is 0 Å². The molecule has 0 saturated heterocycles. The van der Waals surface area contributed by atoms with Gasteiger partial charge >= 0.3 is 5.88 Å². The summed E-state index contributed by atoms with van der Waals surface area (Å²) >= 11 is 7.07. The van der Waals surface area contributed by atoms with Gasteiger partial charge in [0.05, 0.1) is 16.0 Å². The molecule has 0 bridgehead atoms. The van der Waals surface area contributed by atoms with Gasteiger partial charge in [-0.15, -0.1) is 34.0 Å². The molecule has 240 valence electrons. The van der Waals surface area contributed by atoms with E-state index in [-0.39, 0.29) is 50.2 Å². The highest BCUT2D eigenvalue weighted by Gasteiger charge is 2.35. The van der Waals surface area contributed by atoms with E-state index in [2.05, 4.69) is 30.9 Å². The van der Waals surface area contributed by atoms with Crippen molar-refractivity contribution in [2.75, 3.05) is 0 Å². The van der Waals surface area contributed by atoms with Gasteiger partial charge in [-0.05, 0) is 22.0 Å². The lowest BCUT2D eigenvalue weighted by molar-refractivity contribution is -0.401. The molecule has 7 aromatic rings. The van der Waals surface area contributed by atoms with Gasteiger partial charge in [-0.2, -0.15) is 0 Å². The third kappa shape index (κ3) is 6.02. The largest absolute Gasteiger partial charge is 0.461 e. The predicted molar refractivity (Wildman–Crippen MR) is 183 cm³/mol. The molecule has 9 rings (SSSR count). The van der Waals surface area contributed by atoms with Crippen molar-refractivity contribution in [2.45, 2.75) is 0 Å². The molecule has 5 aromatic heterocycles. The molecule has 0 aliphatic heterocycles. The van der Waals surface area contributed by atoms with Crippen LogP contribution in [0.15, 0.2) is 103 Å². The highest BCUT2D eigenvalue weighted by atomic mass is 79.9. The van der Waals surface area contributed by atoms with Crippen LogP contribution >= 0.6 is 49.9 Å². The first-order valence-electron chi connectivity index (χ1n) is 13.9. The lowest BCUT2D eigenvalue weighted by Crippen LogP contribution is -2.19. The normalized spacial score (nSPS) is 12.5. The van der Waals surface area contributed by atoms with Crippen LogP contribution in [0, 0.1) is 10.1 Å². The van der Waals surface area contributed by atoms with Crippen molar-refractivity contribution in [3.63, 3.8) is 0 Å². The number of halogens is 1. The van der Waals surface area contributed by atoms with Gasteiger partial charge in [0.25, 0.3) is 0 Å². The number of hydrogen-bond donors (Lipinski definition) is 0. The van der Waals surface area contributed by atoms with Crippen LogP contribution in [0.2, 0.25) is 0 Å². The van der Waals surface area contributed by atoms with Crippen molar-refractivity contribution in [3.05, 3.63) is 148 Å². The van der Waals surface area contributed by atoms with E-state index in [4.69, 9.17) is 8.83 Å². The average molecular weight is 772 g/mol. The Bertz CT molecular complexity index is 2320. The summed E-state index contributed by atoms with van der Waals surface area (Å²) in [6, 6.07) is 17.7. The van der Waals surface area contributed by atoms with Crippen molar-refractivity contribution in [2.24, 2.45) is 0 Å². The average Bonchev–Trinajstić information content (AvgIpc) is 3.95. The van der Waals surface area contributed by atoms with Crippen molar-refractivity contribution in [1.82, 2.24) is 15.0 Å². The fraction of sp³-hybridized carbons (Fsp3) is 0. The zero-order valence-electron chi connectivity index (χ0n) is 24.3. The zero-order chi connectivity index (χ0) is 34.2.